The number of fused-ring (bicyclic) bond motifs is 1. The normalized spacial score (nSPS) is 18.7. The van der Waals surface area contributed by atoms with E-state index in [-0.39, 0.29) is 5.69 Å². The number of hydrogen-bond acceptors (Lipinski definition) is 5. The van der Waals surface area contributed by atoms with Gasteiger partial charge in [0.2, 0.25) is 0 Å². The minimum atomic E-state index is -0.601. The Kier molecular flexibility index (Phi) is 5.26. The fourth-order valence-corrected chi connectivity index (χ4v) is 4.84. The summed E-state index contributed by atoms with van der Waals surface area (Å²) in [6.07, 6.45) is 2.86. The van der Waals surface area contributed by atoms with E-state index in [2.05, 4.69) is 30.3 Å². The van der Waals surface area contributed by atoms with E-state index < -0.39 is 10.5 Å². The van der Waals surface area contributed by atoms with Gasteiger partial charge in [0.25, 0.3) is 5.69 Å². The zero-order chi connectivity index (χ0) is 24.5. The first-order valence-electron chi connectivity index (χ1n) is 11.7. The summed E-state index contributed by atoms with van der Waals surface area (Å²) in [5.74, 6) is 0.654. The van der Waals surface area contributed by atoms with Crippen LogP contribution in [-0.2, 0) is 5.54 Å². The number of nitrogens with zero attached hydrogens (tertiary/aromatic N) is 4. The molecule has 0 radical (unpaired) electrons. The van der Waals surface area contributed by atoms with Crippen LogP contribution in [0.1, 0.15) is 28.7 Å². The van der Waals surface area contributed by atoms with Crippen LogP contribution in [0, 0.1) is 10.1 Å². The molecule has 6 rings (SSSR count). The average molecular weight is 471 g/mol. The molecule has 1 unspecified atom stereocenters. The number of non-ortho nitro benzene ring substituents is 1. The van der Waals surface area contributed by atoms with Crippen molar-refractivity contribution in [3.05, 3.63) is 154 Å². The predicted molar refractivity (Wildman–Crippen MR) is 142 cm³/mol. The van der Waals surface area contributed by atoms with E-state index >= 15 is 0 Å². The summed E-state index contributed by atoms with van der Waals surface area (Å²) in [6, 6.07) is 37.1. The minimum absolute atomic E-state index is 0.0400. The number of amidine groups is 1. The summed E-state index contributed by atoms with van der Waals surface area (Å²) in [5.41, 5.74) is 5.16. The molecule has 0 fully saturated rings. The second kappa shape index (κ2) is 8.74. The van der Waals surface area contributed by atoms with Crippen LogP contribution in [0.5, 0.6) is 0 Å². The van der Waals surface area contributed by atoms with Gasteiger partial charge in [0.05, 0.1) is 16.3 Å². The Bertz CT molecular complexity index is 1510. The molecular weight excluding hydrogens is 448 g/mol. The molecular formula is C30H22N4O2. The first kappa shape index (κ1) is 21.7. The van der Waals surface area contributed by atoms with Crippen molar-refractivity contribution in [1.82, 2.24) is 5.01 Å². The van der Waals surface area contributed by atoms with Gasteiger partial charge in [0.15, 0.2) is 5.84 Å². The molecule has 0 aromatic heterocycles. The monoisotopic (exact) mass is 470 g/mol. The van der Waals surface area contributed by atoms with Gasteiger partial charge in [-0.1, -0.05) is 91.0 Å². The van der Waals surface area contributed by atoms with Crippen molar-refractivity contribution in [3.63, 3.8) is 0 Å². The molecule has 36 heavy (non-hydrogen) atoms. The zero-order valence-electron chi connectivity index (χ0n) is 19.4. The number of hydrogen-bond donors (Lipinski definition) is 0. The Labute approximate surface area is 208 Å². The van der Waals surface area contributed by atoms with E-state index in [4.69, 9.17) is 10.1 Å². The molecule has 6 heteroatoms. The molecule has 0 amide bonds. The molecule has 0 bridgehead atoms. The van der Waals surface area contributed by atoms with Gasteiger partial charge in [0, 0.05) is 24.1 Å². The number of nitro benzene ring substituents is 1. The van der Waals surface area contributed by atoms with Gasteiger partial charge in [-0.15, -0.1) is 0 Å². The van der Waals surface area contributed by atoms with Crippen molar-refractivity contribution in [2.45, 2.75) is 12.0 Å². The highest BCUT2D eigenvalue weighted by atomic mass is 16.6. The van der Waals surface area contributed by atoms with Crippen molar-refractivity contribution < 1.29 is 4.92 Å². The molecule has 0 N–H and O–H groups in total. The van der Waals surface area contributed by atoms with E-state index in [1.807, 2.05) is 71.7 Å². The summed E-state index contributed by atoms with van der Waals surface area (Å²) in [4.78, 5) is 16.0. The lowest BCUT2D eigenvalue weighted by molar-refractivity contribution is -0.384. The summed E-state index contributed by atoms with van der Waals surface area (Å²) >= 11 is 0. The van der Waals surface area contributed by atoms with E-state index in [9.17, 15) is 10.1 Å². The van der Waals surface area contributed by atoms with Gasteiger partial charge in [-0.3, -0.25) is 10.1 Å². The minimum Gasteiger partial charge on any atom is -0.258 e. The van der Waals surface area contributed by atoms with E-state index in [1.54, 1.807) is 12.1 Å². The SMILES string of the molecule is O=[N+]([O-])c1ccc(C2=NC(c3ccccc3)=CC3(c4ccccc4)CC(c4ccccc4)=NN23)cc1. The van der Waals surface area contributed by atoms with Crippen LogP contribution < -0.4 is 0 Å². The smallest absolute Gasteiger partial charge is 0.258 e. The van der Waals surface area contributed by atoms with E-state index in [0.717, 1.165) is 33.7 Å². The Morgan fingerprint density at radius 1 is 0.722 bits per heavy atom. The lowest BCUT2D eigenvalue weighted by Gasteiger charge is -2.39. The third kappa shape index (κ3) is 3.69. The van der Waals surface area contributed by atoms with Crippen LogP contribution in [0.4, 0.5) is 5.69 Å². The fraction of sp³-hybridized carbons (Fsp3) is 0.0667. The van der Waals surface area contributed by atoms with Crippen molar-refractivity contribution in [2.75, 3.05) is 0 Å². The van der Waals surface area contributed by atoms with E-state index in [0.29, 0.717) is 12.3 Å². The van der Waals surface area contributed by atoms with Gasteiger partial charge in [0.1, 0.15) is 5.54 Å². The van der Waals surface area contributed by atoms with Crippen molar-refractivity contribution in [1.29, 1.82) is 0 Å². The summed E-state index contributed by atoms with van der Waals surface area (Å²) in [6.45, 7) is 0. The van der Waals surface area contributed by atoms with Crippen LogP contribution in [0.15, 0.2) is 131 Å². The molecule has 2 aliphatic heterocycles. The maximum Gasteiger partial charge on any atom is 0.269 e. The largest absolute Gasteiger partial charge is 0.269 e. The first-order chi connectivity index (χ1) is 17.6. The Balaban J connectivity index is 1.58. The maximum atomic E-state index is 11.3. The predicted octanol–water partition coefficient (Wildman–Crippen LogP) is 6.40. The fourth-order valence-electron chi connectivity index (χ4n) is 4.84. The molecule has 0 saturated carbocycles. The van der Waals surface area contributed by atoms with Crippen LogP contribution in [0.3, 0.4) is 0 Å². The van der Waals surface area contributed by atoms with Crippen LogP contribution in [-0.4, -0.2) is 21.5 Å². The highest BCUT2D eigenvalue weighted by Crippen LogP contribution is 2.46. The molecule has 0 aliphatic carbocycles. The number of aliphatic imine (C=N–C) groups is 1. The molecule has 4 aromatic carbocycles. The molecule has 1 atom stereocenters. The standard InChI is InChI=1S/C30H22N4O2/c35-34(36)26-18-16-24(17-19-26)29-31-27(22-10-4-1-5-11-22)20-30(25-14-8-3-9-15-25)21-28(32-33(29)30)23-12-6-2-7-13-23/h1-20H,21H2. The van der Waals surface area contributed by atoms with Gasteiger partial charge in [-0.2, -0.15) is 5.10 Å². The van der Waals surface area contributed by atoms with Crippen molar-refractivity contribution in [2.24, 2.45) is 10.1 Å². The second-order valence-corrected chi connectivity index (χ2v) is 8.83. The second-order valence-electron chi connectivity index (χ2n) is 8.83. The van der Waals surface area contributed by atoms with Crippen molar-refractivity contribution in [3.8, 4) is 0 Å². The summed E-state index contributed by atoms with van der Waals surface area (Å²) in [7, 11) is 0. The number of rotatable bonds is 5. The Morgan fingerprint density at radius 3 is 1.92 bits per heavy atom. The Hall–Kier alpha value is -4.84. The topological polar surface area (TPSA) is 71.1 Å². The molecule has 6 nitrogen and oxygen atoms in total. The van der Waals surface area contributed by atoms with Crippen LogP contribution >= 0.6 is 0 Å². The van der Waals surface area contributed by atoms with E-state index in [1.165, 1.54) is 12.1 Å². The average Bonchev–Trinajstić information content (AvgIpc) is 3.35. The maximum absolute atomic E-state index is 11.3. The molecule has 174 valence electrons. The quantitative estimate of drug-likeness (QED) is 0.250. The van der Waals surface area contributed by atoms with Gasteiger partial charge < -0.3 is 0 Å². The molecule has 0 spiro atoms. The highest BCUT2D eigenvalue weighted by molar-refractivity contribution is 6.09. The zero-order valence-corrected chi connectivity index (χ0v) is 19.4. The first-order valence-corrected chi connectivity index (χ1v) is 11.7. The van der Waals surface area contributed by atoms with Crippen molar-refractivity contribution >= 4 is 22.9 Å². The van der Waals surface area contributed by atoms with Gasteiger partial charge >= 0.3 is 0 Å². The van der Waals surface area contributed by atoms with Crippen LogP contribution in [0.2, 0.25) is 0 Å². The molecule has 2 heterocycles. The summed E-state index contributed by atoms with van der Waals surface area (Å²) in [5, 5.41) is 18.4. The Morgan fingerprint density at radius 2 is 1.31 bits per heavy atom. The van der Waals surface area contributed by atoms with Gasteiger partial charge in [-0.05, 0) is 34.9 Å². The lowest BCUT2D eigenvalue weighted by Crippen LogP contribution is -2.44. The molecule has 0 saturated heterocycles. The summed E-state index contributed by atoms with van der Waals surface area (Å²) < 4.78 is 0. The number of hydrazone groups is 1. The number of nitro groups is 1. The molecule has 2 aliphatic rings. The molecule has 4 aromatic rings. The van der Waals surface area contributed by atoms with Crippen LogP contribution in [0.25, 0.3) is 5.70 Å². The highest BCUT2D eigenvalue weighted by Gasteiger charge is 2.47. The lowest BCUT2D eigenvalue weighted by atomic mass is 9.81. The van der Waals surface area contributed by atoms with Gasteiger partial charge in [-0.25, -0.2) is 10.0 Å². The third-order valence-corrected chi connectivity index (χ3v) is 6.62. The number of benzene rings is 4. The third-order valence-electron chi connectivity index (χ3n) is 6.62.